The smallest absolute Gasteiger partial charge is 0.0668 e. The summed E-state index contributed by atoms with van der Waals surface area (Å²) in [6.07, 6.45) is 2.23. The van der Waals surface area contributed by atoms with Crippen LogP contribution in [0, 0.1) is 13.8 Å². The van der Waals surface area contributed by atoms with Crippen molar-refractivity contribution in [1.82, 2.24) is 15.1 Å². The molecule has 0 spiro atoms. The van der Waals surface area contributed by atoms with Crippen molar-refractivity contribution < 1.29 is 0 Å². The highest BCUT2D eigenvalue weighted by Crippen LogP contribution is 2.15. The Hall–Kier alpha value is -1.09. The predicted octanol–water partition coefficient (Wildman–Crippen LogP) is 2.44. The lowest BCUT2D eigenvalue weighted by molar-refractivity contribution is 0.623. The molecular weight excluding hydrogens is 198 g/mol. The minimum Gasteiger partial charge on any atom is -0.311 e. The van der Waals surface area contributed by atoms with E-state index in [4.69, 9.17) is 0 Å². The van der Waals surface area contributed by atoms with Gasteiger partial charge in [0, 0.05) is 30.9 Å². The van der Waals surface area contributed by atoms with E-state index >= 15 is 0 Å². The summed E-state index contributed by atoms with van der Waals surface area (Å²) in [5, 5.41) is 7.83. The van der Waals surface area contributed by atoms with Crippen molar-refractivity contribution in [3.63, 3.8) is 0 Å². The summed E-state index contributed by atoms with van der Waals surface area (Å²) in [5.74, 6) is 0. The van der Waals surface area contributed by atoms with Gasteiger partial charge in [-0.05, 0) is 20.8 Å². The average molecular weight is 221 g/mol. The van der Waals surface area contributed by atoms with E-state index in [-0.39, 0.29) is 0 Å². The summed E-state index contributed by atoms with van der Waals surface area (Å²) < 4.78 is 1.93. The van der Waals surface area contributed by atoms with Gasteiger partial charge >= 0.3 is 0 Å². The van der Waals surface area contributed by atoms with E-state index < -0.39 is 0 Å². The molecule has 0 amide bonds. The average Bonchev–Trinajstić information content (AvgIpc) is 2.42. The van der Waals surface area contributed by atoms with Crippen LogP contribution < -0.4 is 5.32 Å². The Morgan fingerprint density at radius 3 is 2.50 bits per heavy atom. The summed E-state index contributed by atoms with van der Waals surface area (Å²) in [6.45, 7) is 11.6. The van der Waals surface area contributed by atoms with Crippen molar-refractivity contribution in [2.45, 2.75) is 40.7 Å². The Bertz CT molecular complexity index is 386. The number of aryl methyl sites for hydroxylation is 2. The van der Waals surface area contributed by atoms with E-state index in [0.29, 0.717) is 6.04 Å². The molecule has 0 radical (unpaired) electrons. The van der Waals surface area contributed by atoms with E-state index in [9.17, 15) is 0 Å². The highest BCUT2D eigenvalue weighted by atomic mass is 15.3. The Morgan fingerprint density at radius 2 is 2.06 bits per heavy atom. The van der Waals surface area contributed by atoms with Crippen LogP contribution in [-0.2, 0) is 7.05 Å². The fraction of sp³-hybridized carbons (Fsp3) is 0.615. The van der Waals surface area contributed by atoms with Gasteiger partial charge in [0.1, 0.15) is 0 Å². The molecule has 0 aliphatic heterocycles. The molecule has 1 N–H and O–H groups in total. The number of aromatic nitrogens is 2. The van der Waals surface area contributed by atoms with Crippen LogP contribution in [0.5, 0.6) is 0 Å². The first kappa shape index (κ1) is 13.0. The highest BCUT2D eigenvalue weighted by molar-refractivity contribution is 5.57. The second-order valence-electron chi connectivity index (χ2n) is 4.73. The number of hydrogen-bond donors (Lipinski definition) is 1. The molecular formula is C13H23N3. The quantitative estimate of drug-likeness (QED) is 0.846. The van der Waals surface area contributed by atoms with Crippen molar-refractivity contribution in [3.8, 4) is 0 Å². The number of hydrogen-bond acceptors (Lipinski definition) is 2. The number of nitrogens with zero attached hydrogens (tertiary/aromatic N) is 2. The Morgan fingerprint density at radius 1 is 1.44 bits per heavy atom. The number of nitrogens with one attached hydrogen (secondary N) is 1. The van der Waals surface area contributed by atoms with Crippen molar-refractivity contribution in [2.75, 3.05) is 6.54 Å². The molecule has 0 aliphatic rings. The van der Waals surface area contributed by atoms with Crippen LogP contribution in [0.2, 0.25) is 0 Å². The first-order valence-electron chi connectivity index (χ1n) is 5.82. The summed E-state index contributed by atoms with van der Waals surface area (Å²) in [7, 11) is 1.99. The van der Waals surface area contributed by atoms with Crippen LogP contribution in [-0.4, -0.2) is 22.4 Å². The maximum Gasteiger partial charge on any atom is 0.0668 e. The lowest BCUT2D eigenvalue weighted by Crippen LogP contribution is -2.24. The van der Waals surface area contributed by atoms with E-state index in [1.54, 1.807) is 0 Å². The second kappa shape index (κ2) is 5.30. The van der Waals surface area contributed by atoms with Gasteiger partial charge in [0.25, 0.3) is 0 Å². The SMILES string of the molecule is CC(=Cc1c(C)nn(C)c1C)CNC(C)C. The van der Waals surface area contributed by atoms with Crippen molar-refractivity contribution in [1.29, 1.82) is 0 Å². The molecule has 16 heavy (non-hydrogen) atoms. The van der Waals surface area contributed by atoms with Crippen LogP contribution in [0.15, 0.2) is 5.57 Å². The minimum absolute atomic E-state index is 0.527. The van der Waals surface area contributed by atoms with Crippen LogP contribution >= 0.6 is 0 Å². The maximum absolute atomic E-state index is 4.41. The molecule has 3 heteroatoms. The van der Waals surface area contributed by atoms with Gasteiger partial charge in [-0.2, -0.15) is 5.10 Å². The monoisotopic (exact) mass is 221 g/mol. The Kier molecular flexibility index (Phi) is 4.30. The van der Waals surface area contributed by atoms with E-state index in [2.05, 4.69) is 51.1 Å². The lowest BCUT2D eigenvalue weighted by atomic mass is 10.1. The highest BCUT2D eigenvalue weighted by Gasteiger charge is 2.06. The van der Waals surface area contributed by atoms with Crippen molar-refractivity contribution in [3.05, 3.63) is 22.5 Å². The first-order valence-corrected chi connectivity index (χ1v) is 5.82. The normalized spacial score (nSPS) is 12.6. The summed E-state index contributed by atoms with van der Waals surface area (Å²) in [4.78, 5) is 0. The lowest BCUT2D eigenvalue weighted by Gasteiger charge is -2.08. The fourth-order valence-electron chi connectivity index (χ4n) is 1.66. The van der Waals surface area contributed by atoms with E-state index in [1.807, 2.05) is 11.7 Å². The summed E-state index contributed by atoms with van der Waals surface area (Å²) >= 11 is 0. The molecule has 0 saturated heterocycles. The standard InChI is InChI=1S/C13H23N3/c1-9(2)14-8-10(3)7-13-11(4)15-16(6)12(13)5/h7,9,14H,8H2,1-6H3. The first-order chi connectivity index (χ1) is 7.41. The molecule has 1 aromatic heterocycles. The van der Waals surface area contributed by atoms with Crippen molar-refractivity contribution >= 4 is 6.08 Å². The van der Waals surface area contributed by atoms with Gasteiger partial charge in [0.2, 0.25) is 0 Å². The minimum atomic E-state index is 0.527. The molecule has 0 aliphatic carbocycles. The molecule has 0 bridgehead atoms. The molecule has 3 nitrogen and oxygen atoms in total. The molecule has 1 aromatic rings. The zero-order valence-corrected chi connectivity index (χ0v) is 11.3. The second-order valence-corrected chi connectivity index (χ2v) is 4.73. The molecule has 0 atom stereocenters. The zero-order valence-electron chi connectivity index (χ0n) is 11.3. The van der Waals surface area contributed by atoms with E-state index in [1.165, 1.54) is 16.8 Å². The van der Waals surface area contributed by atoms with Crippen LogP contribution in [0.25, 0.3) is 6.08 Å². The zero-order chi connectivity index (χ0) is 12.3. The van der Waals surface area contributed by atoms with Gasteiger partial charge in [-0.25, -0.2) is 0 Å². The van der Waals surface area contributed by atoms with Gasteiger partial charge < -0.3 is 5.32 Å². The third kappa shape index (κ3) is 3.20. The Labute approximate surface area is 98.5 Å². The molecule has 0 unspecified atom stereocenters. The maximum atomic E-state index is 4.41. The largest absolute Gasteiger partial charge is 0.311 e. The van der Waals surface area contributed by atoms with Crippen LogP contribution in [0.3, 0.4) is 0 Å². The fourth-order valence-corrected chi connectivity index (χ4v) is 1.66. The predicted molar refractivity (Wildman–Crippen MR) is 69.5 cm³/mol. The van der Waals surface area contributed by atoms with Gasteiger partial charge in [-0.3, -0.25) is 4.68 Å². The molecule has 1 heterocycles. The molecule has 0 fully saturated rings. The van der Waals surface area contributed by atoms with Crippen LogP contribution in [0.4, 0.5) is 0 Å². The molecule has 0 saturated carbocycles. The summed E-state index contributed by atoms with van der Waals surface area (Å²) in [5.41, 5.74) is 4.92. The Balaban J connectivity index is 2.81. The number of rotatable bonds is 4. The summed E-state index contributed by atoms with van der Waals surface area (Å²) in [6, 6.07) is 0.527. The van der Waals surface area contributed by atoms with Gasteiger partial charge in [0.15, 0.2) is 0 Å². The third-order valence-corrected chi connectivity index (χ3v) is 2.74. The van der Waals surface area contributed by atoms with E-state index in [0.717, 1.165) is 12.2 Å². The molecule has 0 aromatic carbocycles. The molecule has 90 valence electrons. The van der Waals surface area contributed by atoms with Crippen molar-refractivity contribution in [2.24, 2.45) is 7.05 Å². The van der Waals surface area contributed by atoms with Gasteiger partial charge in [-0.1, -0.05) is 25.5 Å². The van der Waals surface area contributed by atoms with Gasteiger partial charge in [0.05, 0.1) is 5.69 Å². The topological polar surface area (TPSA) is 29.9 Å². The van der Waals surface area contributed by atoms with Gasteiger partial charge in [-0.15, -0.1) is 0 Å². The molecule has 1 rings (SSSR count). The van der Waals surface area contributed by atoms with Crippen LogP contribution in [0.1, 0.15) is 37.7 Å². The third-order valence-electron chi connectivity index (χ3n) is 2.74.